The maximum absolute atomic E-state index is 12.6. The van der Waals surface area contributed by atoms with Crippen molar-refractivity contribution in [2.24, 2.45) is 0 Å². The molecule has 0 atom stereocenters. The molecule has 17 heavy (non-hydrogen) atoms. The van der Waals surface area contributed by atoms with Gasteiger partial charge in [-0.25, -0.2) is 0 Å². The molecule has 0 aliphatic heterocycles. The van der Waals surface area contributed by atoms with Crippen molar-refractivity contribution >= 4 is 31.9 Å². The maximum Gasteiger partial charge on any atom is 0.420 e. The summed E-state index contributed by atoms with van der Waals surface area (Å²) >= 11 is 5.34. The fourth-order valence-electron chi connectivity index (χ4n) is 1.32. The van der Waals surface area contributed by atoms with Gasteiger partial charge in [0.2, 0.25) is 0 Å². The lowest BCUT2D eigenvalue weighted by Crippen LogP contribution is -2.16. The summed E-state index contributed by atoms with van der Waals surface area (Å²) in [5.41, 5.74) is -3.53. The van der Waals surface area contributed by atoms with E-state index in [1.807, 2.05) is 0 Å². The predicted octanol–water partition coefficient (Wildman–Crippen LogP) is 5.11. The van der Waals surface area contributed by atoms with E-state index in [2.05, 4.69) is 36.3 Å². The molecule has 0 saturated heterocycles. The molecule has 1 heterocycles. The van der Waals surface area contributed by atoms with Gasteiger partial charge in [0.1, 0.15) is 22.6 Å². The summed E-state index contributed by atoms with van der Waals surface area (Å²) in [5.74, 6) is -1.56. The van der Waals surface area contributed by atoms with Crippen LogP contribution >= 0.6 is 31.9 Å². The van der Waals surface area contributed by atoms with Crippen LogP contribution in [0.5, 0.6) is 0 Å². The van der Waals surface area contributed by atoms with Gasteiger partial charge in [-0.15, -0.1) is 0 Å². The summed E-state index contributed by atoms with van der Waals surface area (Å²) in [6.45, 7) is 0. The van der Waals surface area contributed by atoms with Crippen LogP contribution in [0.1, 0.15) is 22.6 Å². The van der Waals surface area contributed by atoms with Gasteiger partial charge in [0.25, 0.3) is 0 Å². The molecule has 0 unspecified atom stereocenters. The largest absolute Gasteiger partial charge is 0.463 e. The average molecular weight is 390 g/mol. The van der Waals surface area contributed by atoms with Crippen molar-refractivity contribution in [2.45, 2.75) is 23.0 Å². The van der Waals surface area contributed by atoms with E-state index in [1.54, 1.807) is 0 Å². The first-order valence-electron chi connectivity index (χ1n) is 4.03. The molecule has 0 amide bonds. The van der Waals surface area contributed by atoms with Crippen molar-refractivity contribution in [1.29, 1.82) is 0 Å². The lowest BCUT2D eigenvalue weighted by atomic mass is 10.1. The smallest absolute Gasteiger partial charge is 0.420 e. The van der Waals surface area contributed by atoms with E-state index in [0.717, 1.165) is 0 Å². The Morgan fingerprint density at radius 3 is 1.24 bits per heavy atom. The third kappa shape index (κ3) is 2.98. The number of hydrogen-bond donors (Lipinski definition) is 0. The second-order valence-electron chi connectivity index (χ2n) is 2.96. The van der Waals surface area contributed by atoms with Crippen molar-refractivity contribution in [3.05, 3.63) is 22.6 Å². The Balaban J connectivity index is 3.58. The van der Waals surface area contributed by atoms with Gasteiger partial charge in [-0.1, -0.05) is 31.9 Å². The molecule has 0 N–H and O–H groups in total. The van der Waals surface area contributed by atoms with Crippen LogP contribution in [-0.2, 0) is 23.0 Å². The Morgan fingerprint density at radius 1 is 0.765 bits per heavy atom. The highest BCUT2D eigenvalue weighted by molar-refractivity contribution is 9.08. The van der Waals surface area contributed by atoms with Crippen LogP contribution in [-0.4, -0.2) is 0 Å². The lowest BCUT2D eigenvalue weighted by molar-refractivity contribution is -0.162. The predicted molar refractivity (Wildman–Crippen MR) is 54.0 cm³/mol. The topological polar surface area (TPSA) is 13.1 Å². The minimum absolute atomic E-state index is 0.447. The third-order valence-corrected chi connectivity index (χ3v) is 2.88. The summed E-state index contributed by atoms with van der Waals surface area (Å²) in [7, 11) is 0. The van der Waals surface area contributed by atoms with Crippen molar-refractivity contribution in [2.75, 3.05) is 0 Å². The normalized spacial score (nSPS) is 13.2. The van der Waals surface area contributed by atoms with E-state index in [4.69, 9.17) is 0 Å². The molecule has 1 rings (SSSR count). The molecule has 1 aromatic heterocycles. The molecule has 9 heteroatoms. The molecule has 0 fully saturated rings. The maximum atomic E-state index is 12.6. The highest BCUT2D eigenvalue weighted by Crippen LogP contribution is 2.46. The van der Waals surface area contributed by atoms with E-state index in [1.165, 1.54) is 0 Å². The molecule has 0 aliphatic rings. The minimum Gasteiger partial charge on any atom is -0.463 e. The van der Waals surface area contributed by atoms with Crippen LogP contribution in [0.2, 0.25) is 0 Å². The Bertz CT molecular complexity index is 369. The van der Waals surface area contributed by atoms with E-state index in [-0.39, 0.29) is 0 Å². The second kappa shape index (κ2) is 4.83. The number of halogens is 8. The molecule has 1 aromatic rings. The molecule has 0 saturated carbocycles. The van der Waals surface area contributed by atoms with Gasteiger partial charge >= 0.3 is 12.4 Å². The molecule has 0 radical (unpaired) electrons. The highest BCUT2D eigenvalue weighted by Gasteiger charge is 2.49. The Kier molecular flexibility index (Phi) is 4.23. The monoisotopic (exact) mass is 388 g/mol. The summed E-state index contributed by atoms with van der Waals surface area (Å²) in [5, 5.41) is -0.893. The zero-order valence-corrected chi connectivity index (χ0v) is 11.0. The Morgan fingerprint density at radius 2 is 1.06 bits per heavy atom. The van der Waals surface area contributed by atoms with Crippen molar-refractivity contribution in [3.63, 3.8) is 0 Å². The van der Waals surface area contributed by atoms with Crippen LogP contribution in [0.4, 0.5) is 26.3 Å². The fourth-order valence-corrected chi connectivity index (χ4v) is 2.11. The molecule has 0 aromatic carbocycles. The van der Waals surface area contributed by atoms with Crippen LogP contribution in [0.15, 0.2) is 4.42 Å². The Labute approximate surface area is 108 Å². The zero-order valence-electron chi connectivity index (χ0n) is 7.85. The van der Waals surface area contributed by atoms with E-state index >= 15 is 0 Å². The van der Waals surface area contributed by atoms with Crippen LogP contribution in [0.25, 0.3) is 0 Å². The molecular formula is C8H4Br2F6O. The Hall–Kier alpha value is -0.180. The molecule has 0 spiro atoms. The second-order valence-corrected chi connectivity index (χ2v) is 4.08. The fraction of sp³-hybridized carbons (Fsp3) is 0.500. The van der Waals surface area contributed by atoms with Gasteiger partial charge in [0.15, 0.2) is 0 Å². The van der Waals surface area contributed by atoms with Crippen LogP contribution < -0.4 is 0 Å². The number of furan rings is 1. The summed E-state index contributed by atoms with van der Waals surface area (Å²) in [4.78, 5) is 0. The molecular weight excluding hydrogens is 386 g/mol. The molecule has 1 nitrogen and oxygen atoms in total. The highest BCUT2D eigenvalue weighted by atomic mass is 79.9. The molecule has 0 bridgehead atoms. The van der Waals surface area contributed by atoms with E-state index in [0.29, 0.717) is 0 Å². The van der Waals surface area contributed by atoms with Gasteiger partial charge < -0.3 is 4.42 Å². The van der Waals surface area contributed by atoms with Gasteiger partial charge in [-0.3, -0.25) is 0 Å². The number of hydrogen-bond acceptors (Lipinski definition) is 1. The van der Waals surface area contributed by atoms with Crippen LogP contribution in [0.3, 0.4) is 0 Å². The zero-order chi connectivity index (χ0) is 13.4. The summed E-state index contributed by atoms with van der Waals surface area (Å²) in [6.07, 6.45) is -10.2. The number of alkyl halides is 8. The SMILES string of the molecule is FC(F)(F)c1c(CBr)oc(CBr)c1C(F)(F)F. The first kappa shape index (κ1) is 14.9. The molecule has 0 aliphatic carbocycles. The van der Waals surface area contributed by atoms with Crippen molar-refractivity contribution in [3.8, 4) is 0 Å². The van der Waals surface area contributed by atoms with Crippen molar-refractivity contribution in [1.82, 2.24) is 0 Å². The van der Waals surface area contributed by atoms with Gasteiger partial charge in [0.05, 0.1) is 10.7 Å². The lowest BCUT2D eigenvalue weighted by Gasteiger charge is -2.11. The van der Waals surface area contributed by atoms with Gasteiger partial charge in [-0.2, -0.15) is 26.3 Å². The quantitative estimate of drug-likeness (QED) is 0.506. The summed E-state index contributed by atoms with van der Waals surface area (Å²) < 4.78 is 80.0. The minimum atomic E-state index is -5.11. The van der Waals surface area contributed by atoms with Gasteiger partial charge in [-0.05, 0) is 0 Å². The average Bonchev–Trinajstić information content (AvgIpc) is 2.54. The van der Waals surface area contributed by atoms with Gasteiger partial charge in [0, 0.05) is 0 Å². The van der Waals surface area contributed by atoms with Crippen molar-refractivity contribution < 1.29 is 30.8 Å². The first-order chi connectivity index (χ1) is 7.62. The number of rotatable bonds is 2. The van der Waals surface area contributed by atoms with E-state index < -0.39 is 45.7 Å². The first-order valence-corrected chi connectivity index (χ1v) is 6.28. The van der Waals surface area contributed by atoms with E-state index in [9.17, 15) is 26.3 Å². The third-order valence-electron chi connectivity index (χ3n) is 1.86. The van der Waals surface area contributed by atoms with Crippen LogP contribution in [0, 0.1) is 0 Å². The standard InChI is InChI=1S/C8H4Br2F6O/c9-1-3-5(7(11,12)13)6(8(14,15)16)4(2-10)17-3/h1-2H2. The molecule has 98 valence electrons. The summed E-state index contributed by atoms with van der Waals surface area (Å²) in [6, 6.07) is 0.